The van der Waals surface area contributed by atoms with Gasteiger partial charge in [-0.25, -0.2) is 0 Å². The maximum absolute atomic E-state index is 12.1. The molecule has 0 unspecified atom stereocenters. The summed E-state index contributed by atoms with van der Waals surface area (Å²) in [4.78, 5) is 17.9. The molecule has 0 saturated heterocycles. The minimum Gasteiger partial charge on any atom is -0.398 e. The molecule has 0 spiro atoms. The number of benzene rings is 1. The lowest BCUT2D eigenvalue weighted by molar-refractivity contribution is -0.129. The first-order chi connectivity index (χ1) is 9.66. The molecular weight excluding hydrogens is 250 g/mol. The molecule has 104 valence electrons. The third-order valence-corrected chi connectivity index (χ3v) is 3.31. The number of hydrogen-bond acceptors (Lipinski definition) is 3. The summed E-state index contributed by atoms with van der Waals surface area (Å²) < 4.78 is 0. The third-order valence-electron chi connectivity index (χ3n) is 3.31. The summed E-state index contributed by atoms with van der Waals surface area (Å²) in [7, 11) is 1.82. The molecule has 0 saturated carbocycles. The first-order valence-electron chi connectivity index (χ1n) is 6.63. The van der Waals surface area contributed by atoms with Gasteiger partial charge >= 0.3 is 0 Å². The highest BCUT2D eigenvalue weighted by Crippen LogP contribution is 2.12. The molecule has 0 fully saturated rings. The second-order valence-corrected chi connectivity index (χ2v) is 4.80. The first kappa shape index (κ1) is 14.1. The van der Waals surface area contributed by atoms with Gasteiger partial charge in [0.05, 0.1) is 6.42 Å². The predicted octanol–water partition coefficient (Wildman–Crippen LogP) is 1.91. The highest BCUT2D eigenvalue weighted by molar-refractivity contribution is 5.80. The van der Waals surface area contributed by atoms with Gasteiger partial charge in [0.2, 0.25) is 5.91 Å². The molecule has 0 aliphatic heterocycles. The summed E-state index contributed by atoms with van der Waals surface area (Å²) in [5.74, 6) is 0.0805. The normalized spacial score (nSPS) is 10.2. The Morgan fingerprint density at radius 2 is 1.90 bits per heavy atom. The van der Waals surface area contributed by atoms with Crippen LogP contribution in [0.5, 0.6) is 0 Å². The van der Waals surface area contributed by atoms with Gasteiger partial charge in [-0.15, -0.1) is 0 Å². The molecular formula is C16H19N3O. The Kier molecular flexibility index (Phi) is 4.71. The molecule has 2 aromatic rings. The molecule has 1 aromatic carbocycles. The summed E-state index contributed by atoms with van der Waals surface area (Å²) in [6.45, 7) is 0.690. The van der Waals surface area contributed by atoms with Gasteiger partial charge in [-0.05, 0) is 35.7 Å². The SMILES string of the molecule is CN(CCc1ccncc1)C(=O)Cc1ccccc1N. The van der Waals surface area contributed by atoms with Crippen LogP contribution in [0, 0.1) is 0 Å². The number of carbonyl (C=O) groups excluding carboxylic acids is 1. The van der Waals surface area contributed by atoms with E-state index in [4.69, 9.17) is 5.73 Å². The van der Waals surface area contributed by atoms with Gasteiger partial charge < -0.3 is 10.6 Å². The molecule has 0 bridgehead atoms. The van der Waals surface area contributed by atoms with Crippen molar-refractivity contribution >= 4 is 11.6 Å². The summed E-state index contributed by atoms with van der Waals surface area (Å²) in [6.07, 6.45) is 4.71. The molecule has 0 aliphatic carbocycles. The Morgan fingerprint density at radius 3 is 2.60 bits per heavy atom. The lowest BCUT2D eigenvalue weighted by Crippen LogP contribution is -2.30. The van der Waals surface area contributed by atoms with Gasteiger partial charge in [-0.3, -0.25) is 9.78 Å². The van der Waals surface area contributed by atoms with Crippen LogP contribution in [0.25, 0.3) is 0 Å². The van der Waals surface area contributed by atoms with Crippen molar-refractivity contribution in [3.63, 3.8) is 0 Å². The monoisotopic (exact) mass is 269 g/mol. The average Bonchev–Trinajstić information content (AvgIpc) is 2.48. The van der Waals surface area contributed by atoms with Crippen LogP contribution in [0.3, 0.4) is 0 Å². The Labute approximate surface area is 119 Å². The number of rotatable bonds is 5. The predicted molar refractivity (Wildman–Crippen MR) is 80.1 cm³/mol. The van der Waals surface area contributed by atoms with Crippen LogP contribution in [-0.4, -0.2) is 29.4 Å². The number of nitrogen functional groups attached to an aromatic ring is 1. The number of para-hydroxylation sites is 1. The van der Waals surface area contributed by atoms with E-state index in [1.807, 2.05) is 43.4 Å². The van der Waals surface area contributed by atoms with E-state index in [9.17, 15) is 4.79 Å². The number of aromatic nitrogens is 1. The number of nitrogens with two attached hydrogens (primary N) is 1. The Hall–Kier alpha value is -2.36. The van der Waals surface area contributed by atoms with Crippen LogP contribution < -0.4 is 5.73 Å². The largest absolute Gasteiger partial charge is 0.398 e. The molecule has 4 heteroatoms. The van der Waals surface area contributed by atoms with Crippen molar-refractivity contribution in [2.75, 3.05) is 19.3 Å². The highest BCUT2D eigenvalue weighted by atomic mass is 16.2. The highest BCUT2D eigenvalue weighted by Gasteiger charge is 2.11. The van der Waals surface area contributed by atoms with Crippen molar-refractivity contribution in [3.8, 4) is 0 Å². The van der Waals surface area contributed by atoms with E-state index in [1.54, 1.807) is 17.3 Å². The number of carbonyl (C=O) groups is 1. The Balaban J connectivity index is 1.88. The van der Waals surface area contributed by atoms with Gasteiger partial charge in [0.25, 0.3) is 0 Å². The topological polar surface area (TPSA) is 59.2 Å². The Bertz CT molecular complexity index is 569. The van der Waals surface area contributed by atoms with Crippen LogP contribution in [0.15, 0.2) is 48.8 Å². The second kappa shape index (κ2) is 6.70. The smallest absolute Gasteiger partial charge is 0.226 e. The summed E-state index contributed by atoms with van der Waals surface area (Å²) in [5.41, 5.74) is 8.59. The minimum absolute atomic E-state index is 0.0805. The number of likely N-dealkylation sites (N-methyl/N-ethyl adjacent to an activating group) is 1. The van der Waals surface area contributed by atoms with Crippen LogP contribution in [-0.2, 0) is 17.6 Å². The molecule has 0 aliphatic rings. The van der Waals surface area contributed by atoms with E-state index in [2.05, 4.69) is 4.98 Å². The van der Waals surface area contributed by atoms with E-state index in [1.165, 1.54) is 5.56 Å². The van der Waals surface area contributed by atoms with E-state index in [0.717, 1.165) is 12.0 Å². The first-order valence-corrected chi connectivity index (χ1v) is 6.63. The van der Waals surface area contributed by atoms with Crippen LogP contribution in [0.2, 0.25) is 0 Å². The van der Waals surface area contributed by atoms with Crippen LogP contribution in [0.1, 0.15) is 11.1 Å². The molecule has 1 heterocycles. The van der Waals surface area contributed by atoms with Crippen molar-refractivity contribution in [2.45, 2.75) is 12.8 Å². The molecule has 2 rings (SSSR count). The number of anilines is 1. The van der Waals surface area contributed by atoms with E-state index in [0.29, 0.717) is 18.7 Å². The molecule has 1 aromatic heterocycles. The zero-order valence-electron chi connectivity index (χ0n) is 11.6. The van der Waals surface area contributed by atoms with Crippen molar-refractivity contribution in [1.82, 2.24) is 9.88 Å². The van der Waals surface area contributed by atoms with Crippen molar-refractivity contribution < 1.29 is 4.79 Å². The zero-order valence-corrected chi connectivity index (χ0v) is 11.6. The summed E-state index contributed by atoms with van der Waals surface area (Å²) in [5, 5.41) is 0. The standard InChI is InChI=1S/C16H19N3O/c1-19(11-8-13-6-9-18-10-7-13)16(20)12-14-4-2-3-5-15(14)17/h2-7,9-10H,8,11-12,17H2,1H3. The number of nitrogens with zero attached hydrogens (tertiary/aromatic N) is 2. The van der Waals surface area contributed by atoms with E-state index >= 15 is 0 Å². The van der Waals surface area contributed by atoms with Crippen LogP contribution >= 0.6 is 0 Å². The van der Waals surface area contributed by atoms with Crippen molar-refractivity contribution in [1.29, 1.82) is 0 Å². The molecule has 0 radical (unpaired) electrons. The second-order valence-electron chi connectivity index (χ2n) is 4.80. The van der Waals surface area contributed by atoms with Gasteiger partial charge in [-0.2, -0.15) is 0 Å². The maximum atomic E-state index is 12.1. The zero-order chi connectivity index (χ0) is 14.4. The minimum atomic E-state index is 0.0805. The molecule has 4 nitrogen and oxygen atoms in total. The number of pyridine rings is 1. The van der Waals surface area contributed by atoms with Crippen molar-refractivity contribution in [3.05, 3.63) is 59.9 Å². The Morgan fingerprint density at radius 1 is 1.20 bits per heavy atom. The number of hydrogen-bond donors (Lipinski definition) is 1. The molecule has 0 atom stereocenters. The molecule has 1 amide bonds. The van der Waals surface area contributed by atoms with Gasteiger partial charge in [0, 0.05) is 31.7 Å². The van der Waals surface area contributed by atoms with Gasteiger partial charge in [0.1, 0.15) is 0 Å². The molecule has 2 N–H and O–H groups in total. The number of amides is 1. The fourth-order valence-corrected chi connectivity index (χ4v) is 1.96. The lowest BCUT2D eigenvalue weighted by Gasteiger charge is -2.17. The quantitative estimate of drug-likeness (QED) is 0.843. The summed E-state index contributed by atoms with van der Waals surface area (Å²) in [6, 6.07) is 11.4. The van der Waals surface area contributed by atoms with Crippen molar-refractivity contribution in [2.24, 2.45) is 0 Å². The van der Waals surface area contributed by atoms with Gasteiger partial charge in [0.15, 0.2) is 0 Å². The molecule has 20 heavy (non-hydrogen) atoms. The average molecular weight is 269 g/mol. The fraction of sp³-hybridized carbons (Fsp3) is 0.250. The third kappa shape index (κ3) is 3.82. The van der Waals surface area contributed by atoms with E-state index < -0.39 is 0 Å². The van der Waals surface area contributed by atoms with Gasteiger partial charge in [-0.1, -0.05) is 18.2 Å². The lowest BCUT2D eigenvalue weighted by atomic mass is 10.1. The maximum Gasteiger partial charge on any atom is 0.226 e. The van der Waals surface area contributed by atoms with Crippen LogP contribution in [0.4, 0.5) is 5.69 Å². The summed E-state index contributed by atoms with van der Waals surface area (Å²) >= 11 is 0. The van der Waals surface area contributed by atoms with E-state index in [-0.39, 0.29) is 5.91 Å². The fourth-order valence-electron chi connectivity index (χ4n) is 1.96.